The molecule has 0 bridgehead atoms. The van der Waals surface area contributed by atoms with Gasteiger partial charge in [-0.15, -0.1) is 11.3 Å². The number of nitrogens with one attached hydrogen (secondary N) is 1. The Morgan fingerprint density at radius 3 is 2.87 bits per heavy atom. The van der Waals surface area contributed by atoms with Crippen molar-refractivity contribution in [2.45, 2.75) is 26.7 Å². The molecule has 0 aliphatic carbocycles. The molecule has 2 rings (SSSR count). The van der Waals surface area contributed by atoms with Gasteiger partial charge in [0.1, 0.15) is 5.01 Å². The zero-order valence-electron chi connectivity index (χ0n) is 13.7. The molecule has 0 saturated heterocycles. The molecular formula is C18H24N2O2S. The maximum atomic E-state index is 11.9. The van der Waals surface area contributed by atoms with Gasteiger partial charge in [0, 0.05) is 19.2 Å². The summed E-state index contributed by atoms with van der Waals surface area (Å²) in [6.07, 6.45) is 5.01. The Kier molecular flexibility index (Phi) is 6.74. The van der Waals surface area contributed by atoms with Gasteiger partial charge >= 0.3 is 0 Å². The monoisotopic (exact) mass is 332 g/mol. The molecule has 2 N–H and O–H groups in total. The van der Waals surface area contributed by atoms with E-state index in [0.717, 1.165) is 28.1 Å². The predicted molar refractivity (Wildman–Crippen MR) is 96.3 cm³/mol. The molecule has 0 aliphatic rings. The van der Waals surface area contributed by atoms with E-state index in [1.807, 2.05) is 24.3 Å². The second kappa shape index (κ2) is 8.79. The summed E-state index contributed by atoms with van der Waals surface area (Å²) in [5.41, 5.74) is 0.956. The van der Waals surface area contributed by atoms with Gasteiger partial charge in [-0.25, -0.2) is 4.98 Å². The average Bonchev–Trinajstić information content (AvgIpc) is 2.93. The molecule has 5 heteroatoms. The van der Waals surface area contributed by atoms with Crippen molar-refractivity contribution in [3.8, 4) is 0 Å². The zero-order chi connectivity index (χ0) is 16.7. The van der Waals surface area contributed by atoms with Gasteiger partial charge in [-0.05, 0) is 42.9 Å². The van der Waals surface area contributed by atoms with Crippen LogP contribution in [0.25, 0.3) is 16.3 Å². The Bertz CT molecular complexity index is 631. The highest BCUT2D eigenvalue weighted by Crippen LogP contribution is 2.22. The van der Waals surface area contributed by atoms with Gasteiger partial charge in [-0.3, -0.25) is 4.79 Å². The number of hydrogen-bond donors (Lipinski definition) is 2. The van der Waals surface area contributed by atoms with Crippen LogP contribution in [0.3, 0.4) is 0 Å². The van der Waals surface area contributed by atoms with E-state index in [2.05, 4.69) is 24.1 Å². The lowest BCUT2D eigenvalue weighted by Gasteiger charge is -2.18. The van der Waals surface area contributed by atoms with E-state index < -0.39 is 0 Å². The topological polar surface area (TPSA) is 62.2 Å². The first kappa shape index (κ1) is 17.6. The minimum absolute atomic E-state index is 0.115. The van der Waals surface area contributed by atoms with Gasteiger partial charge in [-0.2, -0.15) is 0 Å². The van der Waals surface area contributed by atoms with Crippen molar-refractivity contribution >= 4 is 33.5 Å². The molecule has 0 saturated carbocycles. The fourth-order valence-corrected chi connectivity index (χ4v) is 3.43. The molecule has 23 heavy (non-hydrogen) atoms. The van der Waals surface area contributed by atoms with Crippen LogP contribution in [0.4, 0.5) is 0 Å². The van der Waals surface area contributed by atoms with Crippen LogP contribution in [0.15, 0.2) is 30.3 Å². The van der Waals surface area contributed by atoms with Gasteiger partial charge in [0.15, 0.2) is 0 Å². The summed E-state index contributed by atoms with van der Waals surface area (Å²) in [4.78, 5) is 16.4. The lowest BCUT2D eigenvalue weighted by molar-refractivity contribution is -0.116. The largest absolute Gasteiger partial charge is 0.396 e. The molecule has 1 heterocycles. The third-order valence-electron chi connectivity index (χ3n) is 3.59. The van der Waals surface area contributed by atoms with E-state index >= 15 is 0 Å². The number of para-hydroxylation sites is 1. The van der Waals surface area contributed by atoms with Crippen molar-refractivity contribution in [3.63, 3.8) is 0 Å². The van der Waals surface area contributed by atoms with Crippen LogP contribution >= 0.6 is 11.3 Å². The van der Waals surface area contributed by atoms with Crippen LogP contribution < -0.4 is 5.32 Å². The van der Waals surface area contributed by atoms with Crippen LogP contribution in [0.5, 0.6) is 0 Å². The summed E-state index contributed by atoms with van der Waals surface area (Å²) in [7, 11) is 0. The van der Waals surface area contributed by atoms with Crippen molar-refractivity contribution in [2.24, 2.45) is 11.8 Å². The molecule has 2 aromatic rings. The first-order valence-electron chi connectivity index (χ1n) is 8.01. The summed E-state index contributed by atoms with van der Waals surface area (Å²) < 4.78 is 1.12. The normalized spacial score (nSPS) is 13.0. The molecule has 4 nitrogen and oxygen atoms in total. The first-order chi connectivity index (χ1) is 11.1. The molecule has 124 valence electrons. The fraction of sp³-hybridized carbons (Fsp3) is 0.444. The highest BCUT2D eigenvalue weighted by molar-refractivity contribution is 7.19. The van der Waals surface area contributed by atoms with Crippen LogP contribution in [0, 0.1) is 11.8 Å². The Balaban J connectivity index is 1.87. The minimum Gasteiger partial charge on any atom is -0.396 e. The first-order valence-corrected chi connectivity index (χ1v) is 8.82. The number of carbonyl (C=O) groups excluding carboxylic acids is 1. The van der Waals surface area contributed by atoms with Gasteiger partial charge < -0.3 is 10.4 Å². The lowest BCUT2D eigenvalue weighted by atomic mass is 9.94. The van der Waals surface area contributed by atoms with E-state index in [4.69, 9.17) is 5.11 Å². The molecule has 1 atom stereocenters. The Morgan fingerprint density at radius 1 is 1.39 bits per heavy atom. The number of benzene rings is 1. The lowest BCUT2D eigenvalue weighted by Crippen LogP contribution is -2.29. The average molecular weight is 332 g/mol. The van der Waals surface area contributed by atoms with Crippen molar-refractivity contribution < 1.29 is 9.90 Å². The molecular weight excluding hydrogens is 308 g/mol. The second-order valence-corrected chi connectivity index (χ2v) is 7.17. The highest BCUT2D eigenvalue weighted by atomic mass is 32.1. The molecule has 1 aromatic heterocycles. The van der Waals surface area contributed by atoms with Gasteiger partial charge in [0.2, 0.25) is 5.91 Å². The molecule has 0 aliphatic heterocycles. The van der Waals surface area contributed by atoms with Crippen molar-refractivity contribution in [1.29, 1.82) is 0 Å². The molecule has 1 unspecified atom stereocenters. The zero-order valence-corrected chi connectivity index (χ0v) is 14.5. The molecule has 0 spiro atoms. The number of rotatable bonds is 8. The van der Waals surface area contributed by atoms with Gasteiger partial charge in [0.05, 0.1) is 10.2 Å². The Hall–Kier alpha value is -1.72. The number of amides is 1. The SMILES string of the molecule is CC(C)CC(CCO)CNC(=O)/C=C/c1nc2ccccc2s1. The molecule has 1 aromatic carbocycles. The van der Waals surface area contributed by atoms with Crippen LogP contribution in [-0.2, 0) is 4.79 Å². The van der Waals surface area contributed by atoms with E-state index in [-0.39, 0.29) is 12.5 Å². The van der Waals surface area contributed by atoms with E-state index in [9.17, 15) is 4.79 Å². The third kappa shape index (κ3) is 5.77. The number of hydrogen-bond acceptors (Lipinski definition) is 4. The second-order valence-electron chi connectivity index (χ2n) is 6.11. The number of thiazole rings is 1. The maximum Gasteiger partial charge on any atom is 0.244 e. The summed E-state index contributed by atoms with van der Waals surface area (Å²) in [6.45, 7) is 5.06. The van der Waals surface area contributed by atoms with Crippen LogP contribution in [0.1, 0.15) is 31.7 Å². The molecule has 0 radical (unpaired) electrons. The van der Waals surface area contributed by atoms with E-state index in [1.54, 1.807) is 17.4 Å². The predicted octanol–water partition coefficient (Wildman–Crippen LogP) is 3.47. The quantitative estimate of drug-likeness (QED) is 0.728. The van der Waals surface area contributed by atoms with Crippen LogP contribution in [-0.4, -0.2) is 29.1 Å². The van der Waals surface area contributed by atoms with Crippen molar-refractivity contribution in [1.82, 2.24) is 10.3 Å². The van der Waals surface area contributed by atoms with E-state index in [0.29, 0.717) is 18.4 Å². The number of fused-ring (bicyclic) bond motifs is 1. The van der Waals surface area contributed by atoms with Gasteiger partial charge in [0.25, 0.3) is 0 Å². The number of aliphatic hydroxyl groups excluding tert-OH is 1. The third-order valence-corrected chi connectivity index (χ3v) is 4.60. The highest BCUT2D eigenvalue weighted by Gasteiger charge is 2.11. The summed E-state index contributed by atoms with van der Waals surface area (Å²) in [5, 5.41) is 12.8. The molecule has 0 fully saturated rings. The number of nitrogens with zero attached hydrogens (tertiary/aromatic N) is 1. The smallest absolute Gasteiger partial charge is 0.244 e. The fourth-order valence-electron chi connectivity index (χ4n) is 2.56. The van der Waals surface area contributed by atoms with Crippen molar-refractivity contribution in [2.75, 3.05) is 13.2 Å². The maximum absolute atomic E-state index is 11.9. The Labute approximate surface area is 141 Å². The Morgan fingerprint density at radius 2 is 2.17 bits per heavy atom. The number of carbonyl (C=O) groups is 1. The number of aromatic nitrogens is 1. The van der Waals surface area contributed by atoms with E-state index in [1.165, 1.54) is 6.08 Å². The summed E-state index contributed by atoms with van der Waals surface area (Å²) >= 11 is 1.57. The van der Waals surface area contributed by atoms with Crippen LogP contribution in [0.2, 0.25) is 0 Å². The minimum atomic E-state index is -0.115. The molecule has 1 amide bonds. The summed E-state index contributed by atoms with van der Waals surface area (Å²) in [6, 6.07) is 7.93. The number of aliphatic hydroxyl groups is 1. The summed E-state index contributed by atoms with van der Waals surface area (Å²) in [5.74, 6) is 0.762. The standard InChI is InChI=1S/C18H24N2O2S/c1-13(2)11-14(9-10-21)12-19-17(22)7-8-18-20-15-5-3-4-6-16(15)23-18/h3-8,13-14,21H,9-12H2,1-2H3,(H,19,22)/b8-7+. The van der Waals surface area contributed by atoms with Gasteiger partial charge in [-0.1, -0.05) is 26.0 Å². The van der Waals surface area contributed by atoms with Crippen molar-refractivity contribution in [3.05, 3.63) is 35.3 Å².